The summed E-state index contributed by atoms with van der Waals surface area (Å²) < 4.78 is 37.4. The number of aromatic nitrogens is 3. The lowest BCUT2D eigenvalue weighted by atomic mass is 10.1. The summed E-state index contributed by atoms with van der Waals surface area (Å²) in [6.45, 7) is 0.0455. The Morgan fingerprint density at radius 3 is 2.77 bits per heavy atom. The van der Waals surface area contributed by atoms with Crippen LogP contribution in [0.25, 0.3) is 0 Å². The number of benzene rings is 2. The first-order valence-corrected chi connectivity index (χ1v) is 7.54. The average Bonchev–Trinajstić information content (AvgIpc) is 3.14. The number of hydrazone groups is 1. The Morgan fingerprint density at radius 1 is 1.19 bits per heavy atom. The smallest absolute Gasteiger partial charge is 0.167 e. The molecule has 0 saturated carbocycles. The molecule has 0 bridgehead atoms. The van der Waals surface area contributed by atoms with Gasteiger partial charge in [-0.3, -0.25) is 0 Å². The number of hydrogen-bond acceptors (Lipinski definition) is 6. The van der Waals surface area contributed by atoms with Crippen LogP contribution < -0.4 is 15.0 Å². The van der Waals surface area contributed by atoms with E-state index < -0.39 is 11.6 Å². The third-order valence-electron chi connectivity index (χ3n) is 3.37. The van der Waals surface area contributed by atoms with Gasteiger partial charge in [0, 0.05) is 11.6 Å². The van der Waals surface area contributed by atoms with E-state index in [0.717, 1.165) is 17.7 Å². The maximum atomic E-state index is 13.7. The van der Waals surface area contributed by atoms with Crippen molar-refractivity contribution in [2.75, 3.05) is 12.6 Å². The molecule has 0 amide bonds. The van der Waals surface area contributed by atoms with Gasteiger partial charge in [0.15, 0.2) is 11.6 Å². The molecule has 1 heterocycles. The lowest BCUT2D eigenvalue weighted by Crippen LogP contribution is -2.08. The number of nitrogens with one attached hydrogen (secondary N) is 1. The van der Waals surface area contributed by atoms with Gasteiger partial charge < -0.3 is 9.47 Å². The van der Waals surface area contributed by atoms with Crippen molar-refractivity contribution in [2.45, 2.75) is 6.61 Å². The minimum atomic E-state index is -0.765. The molecule has 26 heavy (non-hydrogen) atoms. The molecule has 0 aliphatic rings. The average molecular weight is 359 g/mol. The highest BCUT2D eigenvalue weighted by molar-refractivity contribution is 5.80. The third-order valence-corrected chi connectivity index (χ3v) is 3.37. The van der Waals surface area contributed by atoms with E-state index in [9.17, 15) is 8.78 Å². The van der Waals surface area contributed by atoms with Crippen LogP contribution in [-0.2, 0) is 6.61 Å². The van der Waals surface area contributed by atoms with Crippen LogP contribution in [-0.4, -0.2) is 28.2 Å². The summed E-state index contributed by atoms with van der Waals surface area (Å²) in [5, 5.41) is 7.87. The fourth-order valence-corrected chi connectivity index (χ4v) is 2.16. The van der Waals surface area contributed by atoms with Gasteiger partial charge in [-0.25, -0.2) is 13.8 Å². The van der Waals surface area contributed by atoms with Crippen molar-refractivity contribution >= 4 is 6.21 Å². The van der Waals surface area contributed by atoms with Crippen LogP contribution in [0.1, 0.15) is 11.1 Å². The molecule has 0 atom stereocenters. The first-order valence-electron chi connectivity index (χ1n) is 7.54. The molecule has 0 spiro atoms. The second-order valence-corrected chi connectivity index (χ2v) is 5.13. The van der Waals surface area contributed by atoms with Crippen LogP contribution in [0.2, 0.25) is 0 Å². The molecule has 9 heteroatoms. The fourth-order valence-electron chi connectivity index (χ4n) is 2.16. The van der Waals surface area contributed by atoms with Crippen LogP contribution in [0.15, 0.2) is 54.2 Å². The highest BCUT2D eigenvalue weighted by atomic mass is 19.1. The van der Waals surface area contributed by atoms with Crippen molar-refractivity contribution in [3.63, 3.8) is 0 Å². The summed E-state index contributed by atoms with van der Waals surface area (Å²) in [6, 6.07) is 8.47. The second kappa shape index (κ2) is 8.06. The van der Waals surface area contributed by atoms with Crippen molar-refractivity contribution < 1.29 is 18.3 Å². The Kier molecular flexibility index (Phi) is 5.37. The van der Waals surface area contributed by atoms with Gasteiger partial charge >= 0.3 is 0 Å². The van der Waals surface area contributed by atoms with Crippen molar-refractivity contribution in [1.29, 1.82) is 0 Å². The van der Waals surface area contributed by atoms with Crippen molar-refractivity contribution in [2.24, 2.45) is 5.10 Å². The van der Waals surface area contributed by atoms with E-state index in [2.05, 4.69) is 20.7 Å². The molecule has 7 nitrogen and oxygen atoms in total. The molecule has 0 unspecified atom stereocenters. The van der Waals surface area contributed by atoms with E-state index in [-0.39, 0.29) is 12.4 Å². The van der Waals surface area contributed by atoms with Crippen LogP contribution in [0.3, 0.4) is 0 Å². The predicted octanol–water partition coefficient (Wildman–Crippen LogP) is 2.72. The Hall–Kier alpha value is -3.49. The van der Waals surface area contributed by atoms with Crippen LogP contribution in [0, 0.1) is 11.6 Å². The zero-order valence-electron chi connectivity index (χ0n) is 13.8. The largest absolute Gasteiger partial charge is 0.496 e. The highest BCUT2D eigenvalue weighted by Gasteiger charge is 2.09. The number of nitrogens with zero attached hydrogens (tertiary/aromatic N) is 4. The normalized spacial score (nSPS) is 10.9. The maximum absolute atomic E-state index is 13.7. The third kappa shape index (κ3) is 4.32. The standard InChI is InChI=1S/C17H15F2N5O2/c1-25-16-4-2-12(8-21-23-24-11-20-10-22-24)6-13(16)9-26-17-5-3-14(18)7-15(17)19/h2-8,10-11,23H,9H2,1H3/b21-8-. The Labute approximate surface area is 147 Å². The van der Waals surface area contributed by atoms with Gasteiger partial charge in [0.25, 0.3) is 0 Å². The first kappa shape index (κ1) is 17.3. The van der Waals surface area contributed by atoms with E-state index in [1.807, 2.05) is 0 Å². The molecule has 0 aliphatic carbocycles. The lowest BCUT2D eigenvalue weighted by molar-refractivity contribution is 0.282. The molecule has 3 rings (SSSR count). The fraction of sp³-hybridized carbons (Fsp3) is 0.118. The maximum Gasteiger partial charge on any atom is 0.167 e. The van der Waals surface area contributed by atoms with Gasteiger partial charge in [-0.15, -0.1) is 9.89 Å². The molecule has 0 saturated heterocycles. The monoisotopic (exact) mass is 359 g/mol. The number of halogens is 2. The predicted molar refractivity (Wildman–Crippen MR) is 90.7 cm³/mol. The van der Waals surface area contributed by atoms with Crippen LogP contribution in [0.4, 0.5) is 8.78 Å². The number of hydrogen-bond donors (Lipinski definition) is 1. The van der Waals surface area contributed by atoms with Crippen molar-refractivity contribution in [3.8, 4) is 11.5 Å². The number of rotatable bonds is 7. The molecule has 1 N–H and O–H groups in total. The Bertz CT molecular complexity index is 900. The lowest BCUT2D eigenvalue weighted by Gasteiger charge is -2.11. The quantitative estimate of drug-likeness (QED) is 0.519. The minimum absolute atomic E-state index is 0.0413. The number of methoxy groups -OCH3 is 1. The second-order valence-electron chi connectivity index (χ2n) is 5.13. The van der Waals surface area contributed by atoms with Crippen molar-refractivity contribution in [3.05, 3.63) is 71.8 Å². The van der Waals surface area contributed by atoms with Gasteiger partial charge in [-0.05, 0) is 35.9 Å². The highest BCUT2D eigenvalue weighted by Crippen LogP contribution is 2.23. The summed E-state index contributed by atoms with van der Waals surface area (Å²) in [6.07, 6.45) is 4.41. The van der Waals surface area contributed by atoms with Gasteiger partial charge in [0.05, 0.1) is 13.3 Å². The summed E-state index contributed by atoms with van der Waals surface area (Å²) in [4.78, 5) is 5.11. The van der Waals surface area contributed by atoms with E-state index in [1.165, 1.54) is 30.6 Å². The number of ether oxygens (including phenoxy) is 2. The van der Waals surface area contributed by atoms with E-state index in [1.54, 1.807) is 24.4 Å². The topological polar surface area (TPSA) is 73.6 Å². The van der Waals surface area contributed by atoms with Gasteiger partial charge in [-0.1, -0.05) is 0 Å². The SMILES string of the molecule is COc1ccc(/C=N\Nn2cncn2)cc1COc1ccc(F)cc1F. The summed E-state index contributed by atoms with van der Waals surface area (Å²) >= 11 is 0. The van der Waals surface area contributed by atoms with E-state index >= 15 is 0 Å². The summed E-state index contributed by atoms with van der Waals surface area (Å²) in [5.74, 6) is -0.890. The molecule has 1 aromatic heterocycles. The Balaban J connectivity index is 1.71. The molecular formula is C17H15F2N5O2. The molecule has 134 valence electrons. The molecule has 2 aromatic carbocycles. The minimum Gasteiger partial charge on any atom is -0.496 e. The Morgan fingerprint density at radius 2 is 2.04 bits per heavy atom. The molecule has 0 radical (unpaired) electrons. The molecule has 0 aliphatic heterocycles. The van der Waals surface area contributed by atoms with Crippen LogP contribution >= 0.6 is 0 Å². The van der Waals surface area contributed by atoms with Crippen LogP contribution in [0.5, 0.6) is 11.5 Å². The van der Waals surface area contributed by atoms with Gasteiger partial charge in [0.1, 0.15) is 30.8 Å². The first-order chi connectivity index (χ1) is 12.7. The van der Waals surface area contributed by atoms with Gasteiger partial charge in [-0.2, -0.15) is 10.6 Å². The van der Waals surface area contributed by atoms with E-state index in [0.29, 0.717) is 11.3 Å². The molecular weight excluding hydrogens is 344 g/mol. The molecule has 0 fully saturated rings. The zero-order valence-corrected chi connectivity index (χ0v) is 13.8. The van der Waals surface area contributed by atoms with E-state index in [4.69, 9.17) is 9.47 Å². The van der Waals surface area contributed by atoms with Gasteiger partial charge in [0.2, 0.25) is 0 Å². The summed E-state index contributed by atoms with van der Waals surface area (Å²) in [5.41, 5.74) is 4.10. The zero-order chi connectivity index (χ0) is 18.4. The summed E-state index contributed by atoms with van der Waals surface area (Å²) in [7, 11) is 1.53. The molecule has 3 aromatic rings. The van der Waals surface area contributed by atoms with Crippen molar-refractivity contribution in [1.82, 2.24) is 14.9 Å².